The maximum Gasteiger partial charge on any atom is 0.238 e. The molecule has 1 heterocycles. The van der Waals surface area contributed by atoms with E-state index in [4.69, 9.17) is 5.26 Å². The quantitative estimate of drug-likeness (QED) is 0.852. The van der Waals surface area contributed by atoms with E-state index in [1.165, 1.54) is 11.8 Å². The van der Waals surface area contributed by atoms with Crippen LogP contribution in [-0.4, -0.2) is 11.2 Å². The number of amides is 1. The van der Waals surface area contributed by atoms with Crippen molar-refractivity contribution < 1.29 is 4.79 Å². The molecule has 82 valence electrons. The lowest BCUT2D eigenvalue weighted by Crippen LogP contribution is -2.29. The Balaban J connectivity index is 2.35. The summed E-state index contributed by atoms with van der Waals surface area (Å²) in [6.45, 7) is 2.06. The molecule has 1 aliphatic heterocycles. The Hall–Kier alpha value is -1.47. The van der Waals surface area contributed by atoms with Gasteiger partial charge in [0.15, 0.2) is 0 Å². The topological polar surface area (TPSA) is 52.9 Å². The van der Waals surface area contributed by atoms with Gasteiger partial charge >= 0.3 is 0 Å². The standard InChI is InChI=1S/C12H12N2OS/c1-2-8-4-3-5-9-11(8)14-12(15)10(16-9)6-7-13/h3-5,10H,2,6H2,1H3,(H,14,15). The highest BCUT2D eigenvalue weighted by atomic mass is 32.2. The van der Waals surface area contributed by atoms with E-state index in [1.807, 2.05) is 24.3 Å². The van der Waals surface area contributed by atoms with Crippen LogP contribution in [0.25, 0.3) is 0 Å². The summed E-state index contributed by atoms with van der Waals surface area (Å²) in [7, 11) is 0. The Bertz CT molecular complexity index is 465. The average molecular weight is 232 g/mol. The molecular weight excluding hydrogens is 220 g/mol. The van der Waals surface area contributed by atoms with Crippen LogP contribution in [0.15, 0.2) is 23.1 Å². The fourth-order valence-corrected chi connectivity index (χ4v) is 2.83. The van der Waals surface area contributed by atoms with Crippen LogP contribution in [-0.2, 0) is 11.2 Å². The van der Waals surface area contributed by atoms with Crippen molar-refractivity contribution in [1.82, 2.24) is 0 Å². The second kappa shape index (κ2) is 4.58. The summed E-state index contributed by atoms with van der Waals surface area (Å²) in [5.74, 6) is -0.0556. The van der Waals surface area contributed by atoms with E-state index in [-0.39, 0.29) is 17.6 Å². The van der Waals surface area contributed by atoms with Crippen molar-refractivity contribution in [1.29, 1.82) is 5.26 Å². The number of thioether (sulfide) groups is 1. The summed E-state index contributed by atoms with van der Waals surface area (Å²) in [5, 5.41) is 11.3. The minimum atomic E-state index is -0.274. The molecule has 4 heteroatoms. The van der Waals surface area contributed by atoms with Gasteiger partial charge in [-0.1, -0.05) is 19.1 Å². The van der Waals surface area contributed by atoms with Gasteiger partial charge in [0.05, 0.1) is 18.2 Å². The number of carbonyl (C=O) groups excluding carboxylic acids is 1. The van der Waals surface area contributed by atoms with Crippen molar-refractivity contribution in [2.24, 2.45) is 0 Å². The molecule has 0 saturated carbocycles. The van der Waals surface area contributed by atoms with Gasteiger partial charge in [-0.3, -0.25) is 4.79 Å². The van der Waals surface area contributed by atoms with Crippen LogP contribution in [0, 0.1) is 11.3 Å². The largest absolute Gasteiger partial charge is 0.324 e. The zero-order chi connectivity index (χ0) is 11.5. The first-order valence-electron chi connectivity index (χ1n) is 5.22. The zero-order valence-corrected chi connectivity index (χ0v) is 9.80. The molecular formula is C12H12N2OS. The van der Waals surface area contributed by atoms with Gasteiger partial charge in [0.2, 0.25) is 5.91 Å². The van der Waals surface area contributed by atoms with Gasteiger partial charge in [0.1, 0.15) is 5.25 Å². The average Bonchev–Trinajstić information content (AvgIpc) is 2.30. The fraction of sp³-hybridized carbons (Fsp3) is 0.333. The molecule has 3 nitrogen and oxygen atoms in total. The molecule has 0 bridgehead atoms. The van der Waals surface area contributed by atoms with E-state index in [2.05, 4.69) is 12.2 Å². The number of aryl methyl sites for hydroxylation is 1. The lowest BCUT2D eigenvalue weighted by atomic mass is 10.1. The summed E-state index contributed by atoms with van der Waals surface area (Å²) in [5.41, 5.74) is 2.07. The van der Waals surface area contributed by atoms with Gasteiger partial charge in [-0.25, -0.2) is 0 Å². The number of nitriles is 1. The third-order valence-electron chi connectivity index (χ3n) is 2.58. The zero-order valence-electron chi connectivity index (χ0n) is 8.99. The number of benzene rings is 1. The summed E-state index contributed by atoms with van der Waals surface area (Å²) >= 11 is 1.48. The summed E-state index contributed by atoms with van der Waals surface area (Å²) in [6.07, 6.45) is 1.15. The molecule has 2 rings (SSSR count). The van der Waals surface area contributed by atoms with Gasteiger partial charge in [-0.05, 0) is 18.1 Å². The van der Waals surface area contributed by atoms with Crippen molar-refractivity contribution in [2.75, 3.05) is 5.32 Å². The van der Waals surface area contributed by atoms with Crippen LogP contribution < -0.4 is 5.32 Å². The molecule has 16 heavy (non-hydrogen) atoms. The molecule has 1 atom stereocenters. The number of para-hydroxylation sites is 1. The molecule has 1 unspecified atom stereocenters. The smallest absolute Gasteiger partial charge is 0.238 e. The molecule has 1 aromatic carbocycles. The van der Waals surface area contributed by atoms with Crippen molar-refractivity contribution in [3.63, 3.8) is 0 Å². The van der Waals surface area contributed by atoms with Gasteiger partial charge in [-0.15, -0.1) is 11.8 Å². The highest BCUT2D eigenvalue weighted by molar-refractivity contribution is 8.01. The first kappa shape index (κ1) is 11.0. The summed E-state index contributed by atoms with van der Waals surface area (Å²) in [4.78, 5) is 12.8. The van der Waals surface area contributed by atoms with Crippen molar-refractivity contribution in [2.45, 2.75) is 29.9 Å². The van der Waals surface area contributed by atoms with Gasteiger partial charge in [-0.2, -0.15) is 5.26 Å². The highest BCUT2D eigenvalue weighted by Crippen LogP contribution is 2.38. The van der Waals surface area contributed by atoms with Crippen LogP contribution >= 0.6 is 11.8 Å². The lowest BCUT2D eigenvalue weighted by molar-refractivity contribution is -0.115. The van der Waals surface area contributed by atoms with Gasteiger partial charge < -0.3 is 5.32 Å². The van der Waals surface area contributed by atoms with Gasteiger partial charge in [0.25, 0.3) is 0 Å². The van der Waals surface area contributed by atoms with E-state index in [0.717, 1.165) is 22.6 Å². The molecule has 0 spiro atoms. The number of rotatable bonds is 2. The Labute approximate surface area is 98.8 Å². The summed E-state index contributed by atoms with van der Waals surface area (Å²) < 4.78 is 0. The van der Waals surface area contributed by atoms with Gasteiger partial charge in [0, 0.05) is 4.90 Å². The molecule has 0 fully saturated rings. The fourth-order valence-electron chi connectivity index (χ4n) is 1.74. The van der Waals surface area contributed by atoms with Crippen molar-refractivity contribution >= 4 is 23.4 Å². The maximum atomic E-state index is 11.7. The number of fused-ring (bicyclic) bond motifs is 1. The Morgan fingerprint density at radius 2 is 2.38 bits per heavy atom. The van der Waals surface area contributed by atoms with Crippen LogP contribution in [0.3, 0.4) is 0 Å². The number of hydrogen-bond acceptors (Lipinski definition) is 3. The Morgan fingerprint density at radius 1 is 1.56 bits per heavy atom. The SMILES string of the molecule is CCc1cccc2c1NC(=O)C(CC#N)S2. The second-order valence-corrected chi connectivity index (χ2v) is 4.85. The molecule has 0 aromatic heterocycles. The van der Waals surface area contributed by atoms with Crippen LogP contribution in [0.5, 0.6) is 0 Å². The van der Waals surface area contributed by atoms with E-state index >= 15 is 0 Å². The van der Waals surface area contributed by atoms with E-state index in [0.29, 0.717) is 0 Å². The van der Waals surface area contributed by atoms with Crippen LogP contribution in [0.1, 0.15) is 18.9 Å². The monoisotopic (exact) mass is 232 g/mol. The van der Waals surface area contributed by atoms with Crippen molar-refractivity contribution in [3.05, 3.63) is 23.8 Å². The number of carbonyl (C=O) groups is 1. The highest BCUT2D eigenvalue weighted by Gasteiger charge is 2.27. The molecule has 0 saturated heterocycles. The predicted molar refractivity (Wildman–Crippen MR) is 64.3 cm³/mol. The number of hydrogen-bond donors (Lipinski definition) is 1. The molecule has 0 radical (unpaired) electrons. The van der Waals surface area contributed by atoms with E-state index in [9.17, 15) is 4.79 Å². The molecule has 1 aliphatic rings. The molecule has 1 N–H and O–H groups in total. The maximum absolute atomic E-state index is 11.7. The van der Waals surface area contributed by atoms with Crippen molar-refractivity contribution in [3.8, 4) is 6.07 Å². The van der Waals surface area contributed by atoms with Crippen LogP contribution in [0.4, 0.5) is 5.69 Å². The number of anilines is 1. The Kier molecular flexibility index (Phi) is 3.16. The normalized spacial score (nSPS) is 18.5. The lowest BCUT2D eigenvalue weighted by Gasteiger charge is -2.24. The number of nitrogens with zero attached hydrogens (tertiary/aromatic N) is 1. The summed E-state index contributed by atoms with van der Waals surface area (Å²) in [6, 6.07) is 8.04. The molecule has 1 amide bonds. The Morgan fingerprint density at radius 3 is 3.06 bits per heavy atom. The van der Waals surface area contributed by atoms with E-state index in [1.54, 1.807) is 0 Å². The molecule has 1 aromatic rings. The third-order valence-corrected chi connectivity index (χ3v) is 3.84. The number of nitrogens with one attached hydrogen (secondary N) is 1. The molecule has 0 aliphatic carbocycles. The first-order chi connectivity index (χ1) is 7.76. The minimum Gasteiger partial charge on any atom is -0.324 e. The van der Waals surface area contributed by atoms with E-state index < -0.39 is 0 Å². The second-order valence-electron chi connectivity index (χ2n) is 3.60. The van der Waals surface area contributed by atoms with Crippen LogP contribution in [0.2, 0.25) is 0 Å². The third kappa shape index (κ3) is 1.91. The first-order valence-corrected chi connectivity index (χ1v) is 6.10. The predicted octanol–water partition coefficient (Wildman–Crippen LogP) is 2.58. The minimum absolute atomic E-state index is 0.0556.